The van der Waals surface area contributed by atoms with E-state index in [0.29, 0.717) is 6.54 Å². The minimum absolute atomic E-state index is 0.0207. The quantitative estimate of drug-likeness (QED) is 0.828. The normalized spacial score (nSPS) is 24.8. The summed E-state index contributed by atoms with van der Waals surface area (Å²) < 4.78 is 0. The highest BCUT2D eigenvalue weighted by Gasteiger charge is 2.32. The van der Waals surface area contributed by atoms with Crippen molar-refractivity contribution in [1.29, 1.82) is 0 Å². The monoisotopic (exact) mass is 301 g/mol. The number of hydrogen-bond donors (Lipinski definition) is 1. The van der Waals surface area contributed by atoms with Crippen LogP contribution < -0.4 is 0 Å². The fourth-order valence-corrected chi connectivity index (χ4v) is 3.78. The van der Waals surface area contributed by atoms with Gasteiger partial charge in [0.05, 0.1) is 12.5 Å². The fourth-order valence-electron chi connectivity index (χ4n) is 2.71. The second-order valence-corrected chi connectivity index (χ2v) is 6.37. The molecule has 2 aliphatic rings. The van der Waals surface area contributed by atoms with Crippen molar-refractivity contribution in [1.82, 2.24) is 14.7 Å². The predicted molar refractivity (Wildman–Crippen MR) is 79.2 cm³/mol. The van der Waals surface area contributed by atoms with Crippen LogP contribution in [-0.4, -0.2) is 88.6 Å². The van der Waals surface area contributed by atoms with Crippen molar-refractivity contribution in [3.8, 4) is 0 Å². The number of urea groups is 1. The van der Waals surface area contributed by atoms with Crippen molar-refractivity contribution in [2.24, 2.45) is 0 Å². The van der Waals surface area contributed by atoms with E-state index < -0.39 is 5.97 Å². The minimum Gasteiger partial charge on any atom is -0.481 e. The number of aliphatic carboxylic acids is 1. The van der Waals surface area contributed by atoms with Gasteiger partial charge in [-0.05, 0) is 6.54 Å². The van der Waals surface area contributed by atoms with E-state index in [4.69, 9.17) is 5.11 Å². The van der Waals surface area contributed by atoms with Crippen molar-refractivity contribution >= 4 is 23.8 Å². The van der Waals surface area contributed by atoms with Crippen LogP contribution in [0, 0.1) is 0 Å². The highest BCUT2D eigenvalue weighted by Crippen LogP contribution is 2.21. The van der Waals surface area contributed by atoms with E-state index in [0.717, 1.165) is 44.2 Å². The predicted octanol–water partition coefficient (Wildman–Crippen LogP) is 0.636. The smallest absolute Gasteiger partial charge is 0.320 e. The molecule has 2 rings (SSSR count). The molecule has 2 saturated heterocycles. The van der Waals surface area contributed by atoms with Gasteiger partial charge < -0.3 is 19.8 Å². The summed E-state index contributed by atoms with van der Waals surface area (Å²) in [5, 5.41) is 8.97. The van der Waals surface area contributed by atoms with E-state index in [1.807, 2.05) is 4.90 Å². The van der Waals surface area contributed by atoms with Gasteiger partial charge in [-0.2, -0.15) is 11.8 Å². The van der Waals surface area contributed by atoms with Gasteiger partial charge in [-0.25, -0.2) is 4.79 Å². The lowest BCUT2D eigenvalue weighted by molar-refractivity contribution is -0.138. The molecule has 6 nitrogen and oxygen atoms in total. The highest BCUT2D eigenvalue weighted by atomic mass is 32.2. The van der Waals surface area contributed by atoms with Gasteiger partial charge in [0.25, 0.3) is 0 Å². The molecule has 2 amide bonds. The number of nitrogens with zero attached hydrogens (tertiary/aromatic N) is 3. The van der Waals surface area contributed by atoms with Gasteiger partial charge in [0.2, 0.25) is 0 Å². The van der Waals surface area contributed by atoms with Gasteiger partial charge in [0.1, 0.15) is 0 Å². The second-order valence-electron chi connectivity index (χ2n) is 5.22. The first kappa shape index (κ1) is 15.4. The zero-order valence-electron chi connectivity index (χ0n) is 12.0. The molecule has 2 fully saturated rings. The summed E-state index contributed by atoms with van der Waals surface area (Å²) in [6.45, 7) is 7.12. The van der Waals surface area contributed by atoms with Crippen molar-refractivity contribution in [3.05, 3.63) is 0 Å². The van der Waals surface area contributed by atoms with Crippen molar-refractivity contribution in [3.63, 3.8) is 0 Å². The average molecular weight is 301 g/mol. The molecule has 2 heterocycles. The third kappa shape index (κ3) is 3.79. The lowest BCUT2D eigenvalue weighted by Crippen LogP contribution is -2.57. The van der Waals surface area contributed by atoms with Gasteiger partial charge in [0.15, 0.2) is 0 Å². The van der Waals surface area contributed by atoms with E-state index >= 15 is 0 Å². The van der Waals surface area contributed by atoms with Crippen LogP contribution in [0.4, 0.5) is 4.79 Å². The SMILES string of the molecule is CCN1CCN(C(=O)N2CCSCC2CC(=O)O)CC1. The lowest BCUT2D eigenvalue weighted by atomic mass is 10.2. The maximum absolute atomic E-state index is 12.6. The lowest BCUT2D eigenvalue weighted by Gasteiger charge is -2.41. The van der Waals surface area contributed by atoms with Crippen molar-refractivity contribution in [2.75, 3.05) is 50.8 Å². The van der Waals surface area contributed by atoms with Gasteiger partial charge in [-0.15, -0.1) is 0 Å². The van der Waals surface area contributed by atoms with Crippen molar-refractivity contribution < 1.29 is 14.7 Å². The van der Waals surface area contributed by atoms with Crippen molar-refractivity contribution in [2.45, 2.75) is 19.4 Å². The van der Waals surface area contributed by atoms with Crippen LogP contribution in [0.1, 0.15) is 13.3 Å². The molecule has 0 aliphatic carbocycles. The molecule has 0 aromatic heterocycles. The zero-order valence-corrected chi connectivity index (χ0v) is 12.8. The maximum Gasteiger partial charge on any atom is 0.320 e. The standard InChI is InChI=1S/C13H23N3O3S/c1-2-14-3-5-15(6-4-14)13(19)16-7-8-20-10-11(16)9-12(17)18/h11H,2-10H2,1H3,(H,17,18). The number of hydrogen-bond acceptors (Lipinski definition) is 4. The van der Waals surface area contributed by atoms with Crippen LogP contribution in [0.5, 0.6) is 0 Å². The molecule has 1 unspecified atom stereocenters. The Hall–Kier alpha value is -0.950. The van der Waals surface area contributed by atoms with Crippen LogP contribution >= 0.6 is 11.8 Å². The minimum atomic E-state index is -0.828. The zero-order chi connectivity index (χ0) is 14.5. The maximum atomic E-state index is 12.6. The summed E-state index contributed by atoms with van der Waals surface area (Å²) in [4.78, 5) is 29.5. The van der Waals surface area contributed by atoms with E-state index in [1.165, 1.54) is 0 Å². The number of carboxylic acids is 1. The number of amides is 2. The first-order valence-electron chi connectivity index (χ1n) is 7.19. The van der Waals surface area contributed by atoms with E-state index in [9.17, 15) is 9.59 Å². The first-order chi connectivity index (χ1) is 9.61. The second kappa shape index (κ2) is 7.17. The molecular formula is C13H23N3O3S. The number of carbonyl (C=O) groups excluding carboxylic acids is 1. The molecule has 0 bridgehead atoms. The Balaban J connectivity index is 1.94. The molecule has 0 spiro atoms. The number of likely N-dealkylation sites (N-methyl/N-ethyl adjacent to an activating group) is 1. The molecule has 7 heteroatoms. The number of carbonyl (C=O) groups is 2. The Bertz CT molecular complexity index is 359. The molecular weight excluding hydrogens is 278 g/mol. The Morgan fingerprint density at radius 1 is 1.20 bits per heavy atom. The molecule has 0 saturated carbocycles. The van der Waals surface area contributed by atoms with Gasteiger partial charge in [-0.3, -0.25) is 4.79 Å². The topological polar surface area (TPSA) is 64.1 Å². The Labute approximate surface area is 124 Å². The molecule has 0 radical (unpaired) electrons. The van der Waals surface area contributed by atoms with E-state index in [2.05, 4.69) is 11.8 Å². The summed E-state index contributed by atoms with van der Waals surface area (Å²) in [6.07, 6.45) is 0.0493. The Morgan fingerprint density at radius 3 is 2.50 bits per heavy atom. The van der Waals surface area contributed by atoms with E-state index in [1.54, 1.807) is 16.7 Å². The number of rotatable bonds is 3. The fraction of sp³-hybridized carbons (Fsp3) is 0.846. The molecule has 1 N–H and O–H groups in total. The van der Waals surface area contributed by atoms with Gasteiger partial charge in [-0.1, -0.05) is 6.92 Å². The number of piperazine rings is 1. The molecule has 0 aromatic rings. The first-order valence-corrected chi connectivity index (χ1v) is 8.34. The molecule has 0 aromatic carbocycles. The van der Waals surface area contributed by atoms with Gasteiger partial charge in [0, 0.05) is 44.2 Å². The average Bonchev–Trinajstić information content (AvgIpc) is 2.46. The highest BCUT2D eigenvalue weighted by molar-refractivity contribution is 7.99. The number of carboxylic acid groups (broad SMARTS) is 1. The third-order valence-electron chi connectivity index (χ3n) is 3.97. The summed E-state index contributed by atoms with van der Waals surface area (Å²) >= 11 is 1.73. The number of thioether (sulfide) groups is 1. The summed E-state index contributed by atoms with van der Waals surface area (Å²) in [6, 6.07) is -0.143. The molecule has 114 valence electrons. The van der Waals surface area contributed by atoms with Crippen LogP contribution in [0.15, 0.2) is 0 Å². The molecule has 2 aliphatic heterocycles. The van der Waals surface area contributed by atoms with Crippen LogP contribution in [0.2, 0.25) is 0 Å². The van der Waals surface area contributed by atoms with E-state index in [-0.39, 0.29) is 18.5 Å². The Kier molecular flexibility index (Phi) is 5.54. The van der Waals surface area contributed by atoms with Gasteiger partial charge >= 0.3 is 12.0 Å². The summed E-state index contributed by atoms with van der Waals surface area (Å²) in [5.41, 5.74) is 0. The molecule has 1 atom stereocenters. The van der Waals surface area contributed by atoms with Crippen LogP contribution in [0.3, 0.4) is 0 Å². The largest absolute Gasteiger partial charge is 0.481 e. The van der Waals surface area contributed by atoms with Crippen LogP contribution in [-0.2, 0) is 4.79 Å². The summed E-state index contributed by atoms with van der Waals surface area (Å²) in [7, 11) is 0. The summed E-state index contributed by atoms with van der Waals surface area (Å²) in [5.74, 6) is 0.801. The molecule has 20 heavy (non-hydrogen) atoms. The Morgan fingerprint density at radius 2 is 1.90 bits per heavy atom. The third-order valence-corrected chi connectivity index (χ3v) is 5.07. The van der Waals surface area contributed by atoms with Crippen LogP contribution in [0.25, 0.3) is 0 Å².